The fraction of sp³-hybridized carbons (Fsp3) is 0.172. The second-order valence-electron chi connectivity index (χ2n) is 8.34. The molecule has 0 bridgehead atoms. The van der Waals surface area contributed by atoms with E-state index in [-0.39, 0.29) is 29.9 Å². The summed E-state index contributed by atoms with van der Waals surface area (Å²) in [5.74, 6) is -1.44. The van der Waals surface area contributed by atoms with Crippen LogP contribution < -0.4 is 11.1 Å². The number of anilines is 2. The van der Waals surface area contributed by atoms with Gasteiger partial charge in [0.15, 0.2) is 0 Å². The van der Waals surface area contributed by atoms with Crippen LogP contribution in [0.15, 0.2) is 85.2 Å². The summed E-state index contributed by atoms with van der Waals surface area (Å²) >= 11 is 0. The molecule has 0 unspecified atom stereocenters. The first kappa shape index (κ1) is 35.1. The van der Waals surface area contributed by atoms with Crippen LogP contribution in [0.1, 0.15) is 50.7 Å². The van der Waals surface area contributed by atoms with Gasteiger partial charge in [-0.1, -0.05) is 19.6 Å². The van der Waals surface area contributed by atoms with Crippen molar-refractivity contribution in [3.63, 3.8) is 0 Å². The lowest BCUT2D eigenvalue weighted by Crippen LogP contribution is -2.13. The fourth-order valence-corrected chi connectivity index (χ4v) is 2.89. The second-order valence-corrected chi connectivity index (χ2v) is 8.34. The Morgan fingerprint density at radius 3 is 1.62 bits per heavy atom. The topological polar surface area (TPSA) is 118 Å². The standard InChI is InChI=1S/C14H11F3N2O.C7H6F3N.C7H7NO2.CH4/c1-9-5-6-10(8-18-9)13(20)19-12-4-2-3-11(7-12)14(15,16)17;8-7(9,10)5-2-1-3-6(11)4-5;1-5-2-3-6(4-8-5)7(9)10;/h2-8H,1H3,(H,19,20);1-4H,11H2;2-4H,1H3,(H,9,10);1H4. The number of benzene rings is 2. The van der Waals surface area contributed by atoms with Gasteiger partial charge < -0.3 is 16.2 Å². The first-order chi connectivity index (χ1) is 19.1. The fourth-order valence-electron chi connectivity index (χ4n) is 2.89. The zero-order valence-electron chi connectivity index (χ0n) is 21.6. The highest BCUT2D eigenvalue weighted by atomic mass is 19.4. The predicted molar refractivity (Wildman–Crippen MR) is 147 cm³/mol. The minimum atomic E-state index is -4.44. The number of hydrogen-bond donors (Lipinski definition) is 3. The van der Waals surface area contributed by atoms with Crippen LogP contribution in [-0.4, -0.2) is 27.0 Å². The lowest BCUT2D eigenvalue weighted by atomic mass is 10.2. The van der Waals surface area contributed by atoms with Crippen LogP contribution in [0.5, 0.6) is 0 Å². The van der Waals surface area contributed by atoms with Gasteiger partial charge in [0.05, 0.1) is 22.3 Å². The SMILES string of the molecule is C.Cc1ccc(C(=O)Nc2cccc(C(F)(F)F)c2)cn1.Cc1ccc(C(=O)O)cn1.Nc1cccc(C(F)(F)F)c1. The number of rotatable bonds is 3. The third kappa shape index (κ3) is 11.7. The highest BCUT2D eigenvalue weighted by Gasteiger charge is 2.31. The van der Waals surface area contributed by atoms with Crippen molar-refractivity contribution < 1.29 is 41.0 Å². The van der Waals surface area contributed by atoms with E-state index in [0.717, 1.165) is 35.7 Å². The molecule has 0 aliphatic carbocycles. The first-order valence-corrected chi connectivity index (χ1v) is 11.6. The summed E-state index contributed by atoms with van der Waals surface area (Å²) in [6, 6.07) is 15.5. The Morgan fingerprint density at radius 2 is 1.21 bits per heavy atom. The number of hydrogen-bond acceptors (Lipinski definition) is 5. The number of aromatic nitrogens is 2. The molecule has 2 aromatic carbocycles. The molecule has 2 heterocycles. The summed E-state index contributed by atoms with van der Waals surface area (Å²) in [5.41, 5.74) is 5.94. The van der Waals surface area contributed by atoms with Crippen LogP contribution in [0.4, 0.5) is 37.7 Å². The molecule has 224 valence electrons. The molecule has 4 aromatic rings. The van der Waals surface area contributed by atoms with Crippen LogP contribution in [0.2, 0.25) is 0 Å². The van der Waals surface area contributed by atoms with E-state index < -0.39 is 35.4 Å². The van der Waals surface area contributed by atoms with Crippen molar-refractivity contribution in [1.29, 1.82) is 0 Å². The van der Waals surface area contributed by atoms with Crippen LogP contribution in [-0.2, 0) is 12.4 Å². The molecule has 42 heavy (non-hydrogen) atoms. The maximum Gasteiger partial charge on any atom is 0.416 e. The highest BCUT2D eigenvalue weighted by Crippen LogP contribution is 2.31. The average Bonchev–Trinajstić information content (AvgIpc) is 2.89. The number of carboxylic acids is 1. The number of alkyl halides is 6. The molecule has 0 radical (unpaired) electrons. The number of halogens is 6. The number of carbonyl (C=O) groups excluding carboxylic acids is 1. The van der Waals surface area contributed by atoms with E-state index in [1.54, 1.807) is 25.1 Å². The summed E-state index contributed by atoms with van der Waals surface area (Å²) in [6.07, 6.45) is -6.02. The molecule has 0 saturated carbocycles. The number of nitrogens with one attached hydrogen (secondary N) is 1. The molecule has 4 N–H and O–H groups in total. The Labute approximate surface area is 238 Å². The number of carboxylic acid groups (broad SMARTS) is 1. The van der Waals surface area contributed by atoms with E-state index in [1.807, 2.05) is 6.92 Å². The molecule has 0 atom stereocenters. The Morgan fingerprint density at radius 1 is 0.738 bits per heavy atom. The maximum atomic E-state index is 12.5. The molecule has 7 nitrogen and oxygen atoms in total. The number of aryl methyl sites for hydroxylation is 2. The smallest absolute Gasteiger partial charge is 0.416 e. The van der Waals surface area contributed by atoms with E-state index in [0.29, 0.717) is 0 Å². The van der Waals surface area contributed by atoms with Gasteiger partial charge in [-0.25, -0.2) is 4.79 Å². The average molecular weight is 595 g/mol. The Bertz CT molecular complexity index is 1460. The van der Waals surface area contributed by atoms with E-state index >= 15 is 0 Å². The van der Waals surface area contributed by atoms with Crippen LogP contribution in [0.3, 0.4) is 0 Å². The predicted octanol–water partition coefficient (Wildman–Crippen LogP) is 7.67. The van der Waals surface area contributed by atoms with Crippen molar-refractivity contribution in [3.8, 4) is 0 Å². The van der Waals surface area contributed by atoms with Crippen LogP contribution in [0.25, 0.3) is 0 Å². The Hall–Kier alpha value is -4.94. The van der Waals surface area contributed by atoms with Crippen LogP contribution >= 0.6 is 0 Å². The minimum absolute atomic E-state index is 0. The van der Waals surface area contributed by atoms with Crippen molar-refractivity contribution >= 4 is 23.3 Å². The molecule has 1 amide bonds. The van der Waals surface area contributed by atoms with E-state index in [4.69, 9.17) is 10.8 Å². The molecule has 13 heteroatoms. The summed E-state index contributed by atoms with van der Waals surface area (Å²) < 4.78 is 73.4. The van der Waals surface area contributed by atoms with Gasteiger partial charge in [-0.05, 0) is 74.5 Å². The molecule has 0 aliphatic heterocycles. The first-order valence-electron chi connectivity index (χ1n) is 11.6. The maximum absolute atomic E-state index is 12.5. The van der Waals surface area contributed by atoms with Crippen molar-refractivity contribution in [2.75, 3.05) is 11.1 Å². The zero-order chi connectivity index (χ0) is 30.8. The van der Waals surface area contributed by atoms with Gasteiger partial charge in [-0.3, -0.25) is 14.8 Å². The third-order valence-electron chi connectivity index (χ3n) is 4.99. The molecule has 0 fully saturated rings. The molecular formula is C29H28F6N4O3. The van der Waals surface area contributed by atoms with Crippen molar-refractivity contribution in [1.82, 2.24) is 9.97 Å². The number of aromatic carboxylic acids is 1. The quantitative estimate of drug-likeness (QED) is 0.165. The highest BCUT2D eigenvalue weighted by molar-refractivity contribution is 6.04. The second kappa shape index (κ2) is 15.2. The number of amides is 1. The third-order valence-corrected chi connectivity index (χ3v) is 4.99. The number of carbonyl (C=O) groups is 2. The normalized spacial score (nSPS) is 10.6. The van der Waals surface area contributed by atoms with E-state index in [2.05, 4.69) is 15.3 Å². The number of nitrogen functional groups attached to an aromatic ring is 1. The number of nitrogens with zero attached hydrogens (tertiary/aromatic N) is 2. The van der Waals surface area contributed by atoms with Gasteiger partial charge in [0.25, 0.3) is 5.91 Å². The molecule has 2 aromatic heterocycles. The molecular weight excluding hydrogens is 566 g/mol. The summed E-state index contributed by atoms with van der Waals surface area (Å²) in [7, 11) is 0. The van der Waals surface area contributed by atoms with Gasteiger partial charge in [0.2, 0.25) is 0 Å². The van der Waals surface area contributed by atoms with Crippen molar-refractivity contribution in [3.05, 3.63) is 119 Å². The van der Waals surface area contributed by atoms with E-state index in [9.17, 15) is 35.9 Å². The van der Waals surface area contributed by atoms with Gasteiger partial charge in [-0.15, -0.1) is 0 Å². The largest absolute Gasteiger partial charge is 0.478 e. The Balaban J connectivity index is 0.000000341. The van der Waals surface area contributed by atoms with E-state index in [1.165, 1.54) is 42.7 Å². The summed E-state index contributed by atoms with van der Waals surface area (Å²) in [4.78, 5) is 29.9. The van der Waals surface area contributed by atoms with Crippen molar-refractivity contribution in [2.45, 2.75) is 33.6 Å². The molecule has 4 rings (SSSR count). The Kier molecular flexibility index (Phi) is 12.7. The number of nitrogens with two attached hydrogens (primary N) is 1. The minimum Gasteiger partial charge on any atom is -0.478 e. The van der Waals surface area contributed by atoms with Gasteiger partial charge in [0, 0.05) is 35.2 Å². The van der Waals surface area contributed by atoms with Gasteiger partial charge >= 0.3 is 18.3 Å². The van der Waals surface area contributed by atoms with Crippen LogP contribution in [0, 0.1) is 13.8 Å². The monoisotopic (exact) mass is 594 g/mol. The van der Waals surface area contributed by atoms with Crippen molar-refractivity contribution in [2.24, 2.45) is 0 Å². The zero-order valence-corrected chi connectivity index (χ0v) is 21.6. The number of pyridine rings is 2. The summed E-state index contributed by atoms with van der Waals surface area (Å²) in [5, 5.41) is 10.8. The molecule has 0 saturated heterocycles. The summed E-state index contributed by atoms with van der Waals surface area (Å²) in [6.45, 7) is 3.58. The van der Waals surface area contributed by atoms with Gasteiger partial charge in [0.1, 0.15) is 0 Å². The molecule has 0 spiro atoms. The van der Waals surface area contributed by atoms with Gasteiger partial charge in [-0.2, -0.15) is 26.3 Å². The lowest BCUT2D eigenvalue weighted by molar-refractivity contribution is -0.138. The molecule has 0 aliphatic rings. The lowest BCUT2D eigenvalue weighted by Gasteiger charge is -2.09.